The molecule has 0 aromatic carbocycles. The molecule has 0 bridgehead atoms. The fourth-order valence-electron chi connectivity index (χ4n) is 3.52. The predicted molar refractivity (Wildman–Crippen MR) is 87.6 cm³/mol. The minimum Gasteiger partial charge on any atom is -0.467 e. The fourth-order valence-corrected chi connectivity index (χ4v) is 3.52. The lowest BCUT2D eigenvalue weighted by atomic mass is 9.79. The number of aromatic nitrogens is 1. The van der Waals surface area contributed by atoms with E-state index in [9.17, 15) is 18.0 Å². The SMILES string of the molecule is CC1(C)CC(NC(=O)c2cccnc2OCC(F)(F)F)CC(C)(C)N1. The highest BCUT2D eigenvalue weighted by Crippen LogP contribution is 2.29. The Hall–Kier alpha value is -1.83. The van der Waals surface area contributed by atoms with E-state index in [1.807, 2.05) is 0 Å². The predicted octanol–water partition coefficient (Wildman–Crippen LogP) is 3.06. The summed E-state index contributed by atoms with van der Waals surface area (Å²) >= 11 is 0. The summed E-state index contributed by atoms with van der Waals surface area (Å²) in [7, 11) is 0. The van der Waals surface area contributed by atoms with Gasteiger partial charge in [0.05, 0.1) is 0 Å². The number of amides is 1. The Morgan fingerprint density at radius 3 is 2.48 bits per heavy atom. The first-order valence-electron chi connectivity index (χ1n) is 8.12. The number of carbonyl (C=O) groups excluding carboxylic acids is 1. The Bertz CT molecular complexity index is 614. The van der Waals surface area contributed by atoms with Gasteiger partial charge < -0.3 is 15.4 Å². The number of nitrogens with one attached hydrogen (secondary N) is 2. The molecule has 2 heterocycles. The maximum absolute atomic E-state index is 12.5. The molecule has 2 N–H and O–H groups in total. The molecular weight excluding hydrogens is 335 g/mol. The van der Waals surface area contributed by atoms with E-state index in [1.165, 1.54) is 18.3 Å². The quantitative estimate of drug-likeness (QED) is 0.867. The Morgan fingerprint density at radius 1 is 1.32 bits per heavy atom. The van der Waals surface area contributed by atoms with Gasteiger partial charge in [0.1, 0.15) is 5.56 Å². The molecule has 0 atom stereocenters. The zero-order chi connectivity index (χ0) is 18.9. The monoisotopic (exact) mass is 359 g/mol. The van der Waals surface area contributed by atoms with Crippen LogP contribution in [0.4, 0.5) is 13.2 Å². The van der Waals surface area contributed by atoms with Crippen LogP contribution in [0, 0.1) is 0 Å². The lowest BCUT2D eigenvalue weighted by molar-refractivity contribution is -0.154. The van der Waals surface area contributed by atoms with Gasteiger partial charge in [0.25, 0.3) is 5.91 Å². The summed E-state index contributed by atoms with van der Waals surface area (Å²) in [6.07, 6.45) is -1.78. The number of rotatable bonds is 4. The molecule has 1 saturated heterocycles. The summed E-state index contributed by atoms with van der Waals surface area (Å²) in [5.41, 5.74) is -0.324. The van der Waals surface area contributed by atoms with Crippen molar-refractivity contribution in [2.45, 2.75) is 63.8 Å². The molecule has 0 spiro atoms. The molecule has 0 aliphatic carbocycles. The van der Waals surface area contributed by atoms with Crippen molar-refractivity contribution in [3.8, 4) is 5.88 Å². The Morgan fingerprint density at radius 2 is 1.92 bits per heavy atom. The lowest BCUT2D eigenvalue weighted by Gasteiger charge is -2.46. The smallest absolute Gasteiger partial charge is 0.422 e. The number of ether oxygens (including phenoxy) is 1. The highest BCUT2D eigenvalue weighted by atomic mass is 19.4. The van der Waals surface area contributed by atoms with Crippen LogP contribution in [-0.2, 0) is 0 Å². The summed E-state index contributed by atoms with van der Waals surface area (Å²) in [4.78, 5) is 16.3. The van der Waals surface area contributed by atoms with Gasteiger partial charge in [0.2, 0.25) is 5.88 Å². The van der Waals surface area contributed by atoms with E-state index < -0.39 is 18.7 Å². The van der Waals surface area contributed by atoms with Gasteiger partial charge in [-0.3, -0.25) is 4.79 Å². The first kappa shape index (κ1) is 19.5. The van der Waals surface area contributed by atoms with Crippen molar-refractivity contribution < 1.29 is 22.7 Å². The van der Waals surface area contributed by atoms with Crippen molar-refractivity contribution in [2.75, 3.05) is 6.61 Å². The minimum atomic E-state index is -4.49. The molecular formula is C17H24F3N3O2. The van der Waals surface area contributed by atoms with Crippen LogP contribution in [0.5, 0.6) is 5.88 Å². The van der Waals surface area contributed by atoms with Crippen LogP contribution in [0.25, 0.3) is 0 Å². The number of hydrogen-bond donors (Lipinski definition) is 2. The van der Waals surface area contributed by atoms with E-state index in [0.717, 1.165) is 0 Å². The van der Waals surface area contributed by atoms with Gasteiger partial charge in [-0.2, -0.15) is 13.2 Å². The Labute approximate surface area is 145 Å². The standard InChI is InChI=1S/C17H24F3N3O2/c1-15(2)8-11(9-16(3,4)23-15)22-13(24)12-6-5-7-21-14(12)25-10-17(18,19)20/h5-7,11,23H,8-10H2,1-4H3,(H,22,24). The van der Waals surface area contributed by atoms with Crippen molar-refractivity contribution in [2.24, 2.45) is 0 Å². The lowest BCUT2D eigenvalue weighted by Crippen LogP contribution is -2.62. The van der Waals surface area contributed by atoms with Crippen molar-refractivity contribution in [1.82, 2.24) is 15.6 Å². The van der Waals surface area contributed by atoms with Crippen LogP contribution in [0.2, 0.25) is 0 Å². The minimum absolute atomic E-state index is 0.000829. The number of hydrogen-bond acceptors (Lipinski definition) is 4. The summed E-state index contributed by atoms with van der Waals surface area (Å²) in [5.74, 6) is -0.798. The normalized spacial score (nSPS) is 20.1. The first-order chi connectivity index (χ1) is 11.4. The molecule has 2 rings (SSSR count). The Kier molecular flexibility index (Phi) is 5.32. The summed E-state index contributed by atoms with van der Waals surface area (Å²) < 4.78 is 41.8. The van der Waals surface area contributed by atoms with Gasteiger partial charge in [-0.05, 0) is 52.7 Å². The van der Waals surface area contributed by atoms with Crippen molar-refractivity contribution >= 4 is 5.91 Å². The molecule has 1 aromatic rings. The van der Waals surface area contributed by atoms with Gasteiger partial charge in [-0.25, -0.2) is 4.98 Å². The molecule has 0 unspecified atom stereocenters. The van der Waals surface area contributed by atoms with E-state index in [1.54, 1.807) is 0 Å². The molecule has 1 aromatic heterocycles. The molecule has 25 heavy (non-hydrogen) atoms. The van der Waals surface area contributed by atoms with Crippen molar-refractivity contribution in [3.63, 3.8) is 0 Å². The van der Waals surface area contributed by atoms with E-state index >= 15 is 0 Å². The van der Waals surface area contributed by atoms with E-state index in [0.29, 0.717) is 12.8 Å². The van der Waals surface area contributed by atoms with Gasteiger partial charge in [-0.15, -0.1) is 0 Å². The molecule has 5 nitrogen and oxygen atoms in total. The second kappa shape index (κ2) is 6.82. The number of nitrogens with zero attached hydrogens (tertiary/aromatic N) is 1. The van der Waals surface area contributed by atoms with E-state index in [2.05, 4.69) is 48.0 Å². The van der Waals surface area contributed by atoms with Crippen LogP contribution < -0.4 is 15.4 Å². The van der Waals surface area contributed by atoms with Crippen LogP contribution in [0.15, 0.2) is 18.3 Å². The zero-order valence-corrected chi connectivity index (χ0v) is 14.8. The first-order valence-corrected chi connectivity index (χ1v) is 8.12. The van der Waals surface area contributed by atoms with Gasteiger partial charge in [0.15, 0.2) is 6.61 Å². The van der Waals surface area contributed by atoms with Crippen LogP contribution in [-0.4, -0.2) is 40.8 Å². The maximum Gasteiger partial charge on any atom is 0.422 e. The molecule has 0 radical (unpaired) electrons. The van der Waals surface area contributed by atoms with Gasteiger partial charge in [-0.1, -0.05) is 0 Å². The summed E-state index contributed by atoms with van der Waals surface area (Å²) in [6.45, 7) is 6.71. The number of carbonyl (C=O) groups is 1. The zero-order valence-electron chi connectivity index (χ0n) is 14.8. The molecule has 8 heteroatoms. The fraction of sp³-hybridized carbons (Fsp3) is 0.647. The largest absolute Gasteiger partial charge is 0.467 e. The maximum atomic E-state index is 12.5. The van der Waals surface area contributed by atoms with Gasteiger partial charge in [0, 0.05) is 23.3 Å². The third-order valence-electron chi connectivity index (χ3n) is 3.91. The Balaban J connectivity index is 2.11. The molecule has 0 saturated carbocycles. The van der Waals surface area contributed by atoms with E-state index in [4.69, 9.17) is 0 Å². The number of pyridine rings is 1. The molecule has 1 aliphatic rings. The molecule has 140 valence electrons. The second-order valence-electron chi connectivity index (χ2n) is 7.73. The summed E-state index contributed by atoms with van der Waals surface area (Å²) in [5, 5.41) is 6.41. The number of alkyl halides is 3. The van der Waals surface area contributed by atoms with Crippen molar-refractivity contribution in [3.05, 3.63) is 23.9 Å². The van der Waals surface area contributed by atoms with Gasteiger partial charge >= 0.3 is 6.18 Å². The van der Waals surface area contributed by atoms with Crippen LogP contribution in [0.1, 0.15) is 50.9 Å². The second-order valence-corrected chi connectivity index (χ2v) is 7.73. The van der Waals surface area contributed by atoms with Crippen LogP contribution >= 0.6 is 0 Å². The molecule has 1 fully saturated rings. The van der Waals surface area contributed by atoms with E-state index in [-0.39, 0.29) is 28.6 Å². The topological polar surface area (TPSA) is 63.2 Å². The number of piperidine rings is 1. The molecule has 1 amide bonds. The average molecular weight is 359 g/mol. The highest BCUT2D eigenvalue weighted by molar-refractivity contribution is 5.96. The summed E-state index contributed by atoms with van der Waals surface area (Å²) in [6, 6.07) is 2.80. The average Bonchev–Trinajstić information content (AvgIpc) is 2.41. The molecule has 1 aliphatic heterocycles. The third-order valence-corrected chi connectivity index (χ3v) is 3.91. The van der Waals surface area contributed by atoms with Crippen molar-refractivity contribution in [1.29, 1.82) is 0 Å². The highest BCUT2D eigenvalue weighted by Gasteiger charge is 2.38. The number of halogens is 3. The third kappa shape index (κ3) is 5.88. The van der Waals surface area contributed by atoms with Crippen LogP contribution in [0.3, 0.4) is 0 Å².